The molecule has 0 spiro atoms. The molecule has 1 amide bonds. The topological polar surface area (TPSA) is 121 Å². The van der Waals surface area contributed by atoms with E-state index in [1.54, 1.807) is 13.3 Å². The second-order valence-corrected chi connectivity index (χ2v) is 7.37. The Morgan fingerprint density at radius 3 is 2.71 bits per heavy atom. The normalized spacial score (nSPS) is 10.7. The van der Waals surface area contributed by atoms with Crippen LogP contribution < -0.4 is 25.4 Å². The molecule has 0 atom stereocenters. The third-order valence-corrected chi connectivity index (χ3v) is 4.69. The van der Waals surface area contributed by atoms with Crippen LogP contribution in [0.1, 0.15) is 17.0 Å². The van der Waals surface area contributed by atoms with Gasteiger partial charge in [0.25, 0.3) is 0 Å². The Labute approximate surface area is 183 Å². The Hall–Kier alpha value is -3.66. The van der Waals surface area contributed by atoms with Crippen molar-refractivity contribution in [1.29, 1.82) is 0 Å². The van der Waals surface area contributed by atoms with E-state index in [-0.39, 0.29) is 12.3 Å². The lowest BCUT2D eigenvalue weighted by Crippen LogP contribution is -2.19. The number of rotatable bonds is 11. The van der Waals surface area contributed by atoms with Crippen molar-refractivity contribution in [3.8, 4) is 17.2 Å². The number of para-hydroxylation sites is 2. The summed E-state index contributed by atoms with van der Waals surface area (Å²) in [5.74, 6) is 1.82. The van der Waals surface area contributed by atoms with Crippen LogP contribution in [-0.2, 0) is 11.2 Å². The fourth-order valence-electron chi connectivity index (χ4n) is 2.55. The molecule has 0 radical (unpaired) electrons. The van der Waals surface area contributed by atoms with Crippen LogP contribution in [0.15, 0.2) is 53.6 Å². The molecular formula is C21H23N5O4S. The number of carbonyl (C=O) groups is 1. The molecule has 10 heteroatoms. The minimum Gasteiger partial charge on any atom is -0.493 e. The van der Waals surface area contributed by atoms with E-state index in [2.05, 4.69) is 20.7 Å². The summed E-state index contributed by atoms with van der Waals surface area (Å²) in [6.45, 7) is 1.01. The van der Waals surface area contributed by atoms with Crippen LogP contribution in [0.25, 0.3) is 0 Å². The third-order valence-electron chi connectivity index (χ3n) is 3.94. The Kier molecular flexibility index (Phi) is 8.18. The second-order valence-electron chi connectivity index (χ2n) is 6.28. The van der Waals surface area contributed by atoms with Crippen molar-refractivity contribution in [3.63, 3.8) is 0 Å². The van der Waals surface area contributed by atoms with Gasteiger partial charge in [0.2, 0.25) is 11.0 Å². The van der Waals surface area contributed by atoms with Crippen molar-refractivity contribution < 1.29 is 19.0 Å². The van der Waals surface area contributed by atoms with E-state index in [1.807, 2.05) is 48.5 Å². The maximum absolute atomic E-state index is 11.9. The fraction of sp³-hybridized carbons (Fsp3) is 0.238. The molecule has 31 heavy (non-hydrogen) atoms. The van der Waals surface area contributed by atoms with Crippen molar-refractivity contribution in [3.05, 3.63) is 59.1 Å². The fourth-order valence-corrected chi connectivity index (χ4v) is 3.16. The highest BCUT2D eigenvalue weighted by Gasteiger charge is 2.07. The quantitative estimate of drug-likeness (QED) is 0.267. The van der Waals surface area contributed by atoms with E-state index >= 15 is 0 Å². The molecule has 0 saturated heterocycles. The predicted molar refractivity (Wildman–Crippen MR) is 119 cm³/mol. The lowest BCUT2D eigenvalue weighted by Gasteiger charge is -2.11. The first-order valence-electron chi connectivity index (χ1n) is 9.52. The van der Waals surface area contributed by atoms with Crippen molar-refractivity contribution in [2.24, 2.45) is 5.10 Å². The molecule has 0 unspecified atom stereocenters. The van der Waals surface area contributed by atoms with Crippen LogP contribution in [0.3, 0.4) is 0 Å². The van der Waals surface area contributed by atoms with Gasteiger partial charge >= 0.3 is 0 Å². The summed E-state index contributed by atoms with van der Waals surface area (Å²) in [6, 6.07) is 14.9. The number of nitrogen functional groups attached to an aromatic ring is 1. The molecule has 162 valence electrons. The molecule has 9 nitrogen and oxygen atoms in total. The zero-order valence-electron chi connectivity index (χ0n) is 17.0. The lowest BCUT2D eigenvalue weighted by atomic mass is 10.2. The largest absolute Gasteiger partial charge is 0.493 e. The predicted octanol–water partition coefficient (Wildman–Crippen LogP) is 2.67. The Bertz CT molecular complexity index is 1020. The third kappa shape index (κ3) is 7.27. The molecule has 3 aromatic rings. The number of anilines is 1. The molecule has 2 aromatic carbocycles. The number of nitrogens with zero attached hydrogens (tertiary/aromatic N) is 3. The van der Waals surface area contributed by atoms with Crippen molar-refractivity contribution in [1.82, 2.24) is 15.6 Å². The number of hydrazone groups is 1. The Morgan fingerprint density at radius 1 is 1.13 bits per heavy atom. The maximum atomic E-state index is 11.9. The molecule has 1 aromatic heterocycles. The number of aromatic nitrogens is 2. The van der Waals surface area contributed by atoms with Gasteiger partial charge in [-0.05, 0) is 29.8 Å². The number of methoxy groups -OCH3 is 1. The summed E-state index contributed by atoms with van der Waals surface area (Å²) < 4.78 is 16.7. The first-order valence-corrected chi connectivity index (χ1v) is 10.3. The van der Waals surface area contributed by atoms with Gasteiger partial charge in [0.1, 0.15) is 10.8 Å². The zero-order chi connectivity index (χ0) is 21.9. The number of amides is 1. The van der Waals surface area contributed by atoms with E-state index in [1.165, 1.54) is 11.3 Å². The molecular weight excluding hydrogens is 418 g/mol. The zero-order valence-corrected chi connectivity index (χ0v) is 17.8. The molecule has 0 aliphatic carbocycles. The van der Waals surface area contributed by atoms with Crippen molar-refractivity contribution >= 4 is 28.6 Å². The van der Waals surface area contributed by atoms with Crippen LogP contribution in [0.2, 0.25) is 0 Å². The lowest BCUT2D eigenvalue weighted by molar-refractivity contribution is -0.120. The number of nitrogens with two attached hydrogens (primary N) is 1. The maximum Gasteiger partial charge on any atom is 0.247 e. The van der Waals surface area contributed by atoms with Crippen LogP contribution in [0, 0.1) is 0 Å². The molecule has 0 aliphatic rings. The Balaban J connectivity index is 1.39. The smallest absolute Gasteiger partial charge is 0.247 e. The van der Waals surface area contributed by atoms with Crippen LogP contribution in [-0.4, -0.2) is 42.6 Å². The van der Waals surface area contributed by atoms with Gasteiger partial charge in [-0.15, -0.1) is 10.2 Å². The molecule has 1 heterocycles. The van der Waals surface area contributed by atoms with Gasteiger partial charge in [-0.25, -0.2) is 5.43 Å². The van der Waals surface area contributed by atoms with Crippen molar-refractivity contribution in [2.45, 2.75) is 12.8 Å². The summed E-state index contributed by atoms with van der Waals surface area (Å²) in [4.78, 5) is 11.9. The average Bonchev–Trinajstić information content (AvgIpc) is 3.18. The molecule has 3 rings (SSSR count). The SMILES string of the molecule is COc1ccccc1OCCCOc1cccc(/C=N\NC(=O)Cc2nnc(N)s2)c1. The highest BCUT2D eigenvalue weighted by Crippen LogP contribution is 2.25. The van der Waals surface area contributed by atoms with E-state index < -0.39 is 0 Å². The summed E-state index contributed by atoms with van der Waals surface area (Å²) in [7, 11) is 1.61. The van der Waals surface area contributed by atoms with Crippen LogP contribution in [0.4, 0.5) is 5.13 Å². The van der Waals surface area contributed by atoms with Gasteiger partial charge in [0, 0.05) is 6.42 Å². The van der Waals surface area contributed by atoms with E-state index in [9.17, 15) is 4.79 Å². The van der Waals surface area contributed by atoms with Gasteiger partial charge in [-0.2, -0.15) is 5.10 Å². The Morgan fingerprint density at radius 2 is 1.94 bits per heavy atom. The molecule has 0 saturated carbocycles. The van der Waals surface area contributed by atoms with Gasteiger partial charge in [0.15, 0.2) is 11.5 Å². The van der Waals surface area contributed by atoms with Gasteiger partial charge < -0.3 is 19.9 Å². The summed E-state index contributed by atoms with van der Waals surface area (Å²) >= 11 is 1.17. The standard InChI is InChI=1S/C21H23N5O4S/c1-28-17-8-2-3-9-18(17)30-11-5-10-29-16-7-4-6-15(12-16)14-23-24-19(27)13-20-25-26-21(22)31-20/h2-4,6-9,12,14H,5,10-11,13H2,1H3,(H2,22,26)(H,24,27)/b23-14-. The minimum atomic E-state index is -0.296. The van der Waals surface area contributed by atoms with Crippen LogP contribution in [0.5, 0.6) is 17.2 Å². The first-order chi connectivity index (χ1) is 15.1. The number of benzene rings is 2. The van der Waals surface area contributed by atoms with Gasteiger partial charge in [0.05, 0.1) is 33.0 Å². The van der Waals surface area contributed by atoms with Crippen LogP contribution >= 0.6 is 11.3 Å². The van der Waals surface area contributed by atoms with E-state index in [0.29, 0.717) is 47.0 Å². The number of carbonyl (C=O) groups excluding carboxylic acids is 1. The average molecular weight is 442 g/mol. The molecule has 3 N–H and O–H groups in total. The second kappa shape index (κ2) is 11.5. The van der Waals surface area contributed by atoms with Crippen molar-refractivity contribution in [2.75, 3.05) is 26.1 Å². The highest BCUT2D eigenvalue weighted by molar-refractivity contribution is 7.15. The number of hydrogen-bond donors (Lipinski definition) is 2. The molecule has 0 fully saturated rings. The minimum absolute atomic E-state index is 0.0757. The molecule has 0 bridgehead atoms. The van der Waals surface area contributed by atoms with Gasteiger partial charge in [-0.3, -0.25) is 4.79 Å². The van der Waals surface area contributed by atoms with E-state index in [4.69, 9.17) is 19.9 Å². The summed E-state index contributed by atoms with van der Waals surface area (Å²) in [5, 5.41) is 12.3. The number of nitrogens with one attached hydrogen (secondary N) is 1. The highest BCUT2D eigenvalue weighted by atomic mass is 32.1. The number of hydrogen-bond acceptors (Lipinski definition) is 9. The first kappa shape index (κ1) is 22.0. The molecule has 0 aliphatic heterocycles. The number of ether oxygens (including phenoxy) is 3. The summed E-state index contributed by atoms with van der Waals surface area (Å²) in [6.07, 6.45) is 2.33. The van der Waals surface area contributed by atoms with Gasteiger partial charge in [-0.1, -0.05) is 35.6 Å². The van der Waals surface area contributed by atoms with E-state index in [0.717, 1.165) is 5.56 Å². The monoisotopic (exact) mass is 441 g/mol. The summed E-state index contributed by atoms with van der Waals surface area (Å²) in [5.41, 5.74) is 8.74.